The van der Waals surface area contributed by atoms with Gasteiger partial charge < -0.3 is 10.2 Å². The van der Waals surface area contributed by atoms with Gasteiger partial charge in [-0.15, -0.1) is 7.92 Å². The summed E-state index contributed by atoms with van der Waals surface area (Å²) in [6, 6.07) is 0. The Balaban J connectivity index is 4.31. The van der Waals surface area contributed by atoms with Crippen LogP contribution in [0.2, 0.25) is 0 Å². The molecule has 0 heterocycles. The molecule has 8 nitrogen and oxygen atoms in total. The number of aliphatic hydroxyl groups excluding tert-OH is 2. The average molecular weight is 437 g/mol. The van der Waals surface area contributed by atoms with Crippen molar-refractivity contribution in [3.05, 3.63) is 0 Å². The van der Waals surface area contributed by atoms with E-state index in [2.05, 4.69) is 6.92 Å². The molecule has 2 unspecified atom stereocenters. The maximum Gasteiger partial charge on any atom is 0.265 e. The zero-order chi connectivity index (χ0) is 20.2. The van der Waals surface area contributed by atoms with Gasteiger partial charge in [-0.2, -0.15) is 16.8 Å². The number of rotatable bonds is 16. The zero-order valence-electron chi connectivity index (χ0n) is 15.3. The van der Waals surface area contributed by atoms with Crippen molar-refractivity contribution in [3.8, 4) is 0 Å². The summed E-state index contributed by atoms with van der Waals surface area (Å²) in [6.07, 6.45) is 6.51. The van der Waals surface area contributed by atoms with Crippen LogP contribution in [0.1, 0.15) is 39.0 Å². The van der Waals surface area contributed by atoms with Crippen molar-refractivity contribution in [2.75, 3.05) is 43.2 Å². The minimum Gasteiger partial charge on any atom is -0.396 e. The third-order valence-corrected chi connectivity index (χ3v) is 8.88. The molecule has 0 bridgehead atoms. The number of hydrogen-bond donors (Lipinski definition) is 4. The Kier molecular flexibility index (Phi) is 13.5. The highest BCUT2D eigenvalue weighted by Crippen LogP contribution is 2.39. The second-order valence-corrected chi connectivity index (χ2v) is 12.4. The minimum absolute atomic E-state index is 0.278. The van der Waals surface area contributed by atoms with E-state index in [0.717, 1.165) is 37.7 Å². The minimum atomic E-state index is -4.09. The highest BCUT2D eigenvalue weighted by atomic mass is 32.2. The molecule has 0 saturated heterocycles. The van der Waals surface area contributed by atoms with Crippen LogP contribution in [0.25, 0.3) is 0 Å². The standard InChI is InChI=1S/C15H33O8PS2/c1-2-7-24(8-3-5-14(10-16)12-25(18,19)20)9-4-6-15(11-17)13-26(21,22)23/h14-17H,2-13H2,1H3,(H,18,19,20)(H,21,22,23)/t14-,15?,24?/m0/s1. The molecule has 0 fully saturated rings. The van der Waals surface area contributed by atoms with E-state index < -0.39 is 43.6 Å². The molecule has 0 saturated carbocycles. The van der Waals surface area contributed by atoms with E-state index in [9.17, 15) is 27.0 Å². The third kappa shape index (κ3) is 15.2. The van der Waals surface area contributed by atoms with Crippen LogP contribution in [-0.2, 0) is 20.2 Å². The van der Waals surface area contributed by atoms with E-state index in [1.807, 2.05) is 0 Å². The molecule has 11 heteroatoms. The van der Waals surface area contributed by atoms with Crippen molar-refractivity contribution in [1.29, 1.82) is 0 Å². The number of hydrogen-bond acceptors (Lipinski definition) is 6. The summed E-state index contributed by atoms with van der Waals surface area (Å²) in [5.74, 6) is -1.78. The first kappa shape index (κ1) is 26.2. The Morgan fingerprint density at radius 2 is 1.15 bits per heavy atom. The van der Waals surface area contributed by atoms with Crippen LogP contribution in [0.4, 0.5) is 0 Å². The van der Waals surface area contributed by atoms with E-state index in [0.29, 0.717) is 12.8 Å². The van der Waals surface area contributed by atoms with E-state index in [1.54, 1.807) is 0 Å². The van der Waals surface area contributed by atoms with E-state index >= 15 is 0 Å². The topological polar surface area (TPSA) is 149 Å². The summed E-state index contributed by atoms with van der Waals surface area (Å²) in [7, 11) is -8.46. The fraction of sp³-hybridized carbons (Fsp3) is 1.00. The average Bonchev–Trinajstić information content (AvgIpc) is 2.50. The predicted octanol–water partition coefficient (Wildman–Crippen LogP) is 1.43. The zero-order valence-corrected chi connectivity index (χ0v) is 17.9. The molecule has 0 aromatic heterocycles. The van der Waals surface area contributed by atoms with E-state index in [1.165, 1.54) is 0 Å². The summed E-state index contributed by atoms with van der Waals surface area (Å²) in [5, 5.41) is 18.4. The fourth-order valence-electron chi connectivity index (χ4n) is 2.91. The summed E-state index contributed by atoms with van der Waals surface area (Å²) in [5.41, 5.74) is 0. The maximum absolute atomic E-state index is 10.9. The predicted molar refractivity (Wildman–Crippen MR) is 104 cm³/mol. The summed E-state index contributed by atoms with van der Waals surface area (Å²) < 4.78 is 61.3. The first-order chi connectivity index (χ1) is 12.0. The van der Waals surface area contributed by atoms with Crippen LogP contribution in [0, 0.1) is 11.8 Å². The highest BCUT2D eigenvalue weighted by Gasteiger charge is 2.18. The van der Waals surface area contributed by atoms with Gasteiger partial charge in [-0.25, -0.2) is 0 Å². The molecular formula is C15H33O8PS2. The fourth-order valence-corrected chi connectivity index (χ4v) is 7.21. The van der Waals surface area contributed by atoms with Gasteiger partial charge in [-0.1, -0.05) is 13.3 Å². The Labute approximate surface area is 158 Å². The van der Waals surface area contributed by atoms with Crippen LogP contribution in [0.5, 0.6) is 0 Å². The summed E-state index contributed by atoms with van der Waals surface area (Å²) in [4.78, 5) is 0. The van der Waals surface area contributed by atoms with Gasteiger partial charge in [-0.05, 0) is 56.0 Å². The van der Waals surface area contributed by atoms with Gasteiger partial charge in [0.25, 0.3) is 20.2 Å². The molecule has 0 aromatic rings. The van der Waals surface area contributed by atoms with Crippen molar-refractivity contribution >= 4 is 28.2 Å². The lowest BCUT2D eigenvalue weighted by Gasteiger charge is -2.20. The molecule has 3 atom stereocenters. The van der Waals surface area contributed by atoms with Gasteiger partial charge in [0.1, 0.15) is 0 Å². The Morgan fingerprint density at radius 1 is 0.769 bits per heavy atom. The molecule has 0 amide bonds. The van der Waals surface area contributed by atoms with E-state index in [-0.39, 0.29) is 21.1 Å². The van der Waals surface area contributed by atoms with Crippen LogP contribution in [0.15, 0.2) is 0 Å². The Hall–Kier alpha value is 0.170. The van der Waals surface area contributed by atoms with Gasteiger partial charge in [-0.3, -0.25) is 9.11 Å². The molecule has 158 valence electrons. The van der Waals surface area contributed by atoms with Gasteiger partial charge in [0.2, 0.25) is 0 Å². The van der Waals surface area contributed by atoms with Crippen molar-refractivity contribution in [1.82, 2.24) is 0 Å². The van der Waals surface area contributed by atoms with Crippen LogP contribution in [-0.4, -0.2) is 79.4 Å². The molecule has 0 aliphatic rings. The summed E-state index contributed by atoms with van der Waals surface area (Å²) >= 11 is 0. The molecule has 0 aromatic carbocycles. The van der Waals surface area contributed by atoms with Gasteiger partial charge >= 0.3 is 0 Å². The van der Waals surface area contributed by atoms with Crippen molar-refractivity contribution in [3.63, 3.8) is 0 Å². The van der Waals surface area contributed by atoms with Crippen LogP contribution >= 0.6 is 7.92 Å². The van der Waals surface area contributed by atoms with Crippen molar-refractivity contribution in [2.45, 2.75) is 39.0 Å². The lowest BCUT2D eigenvalue weighted by molar-refractivity contribution is 0.228. The van der Waals surface area contributed by atoms with Crippen LogP contribution < -0.4 is 0 Å². The molecule has 0 rings (SSSR count). The molecule has 4 N–H and O–H groups in total. The second kappa shape index (κ2) is 13.4. The molecule has 0 radical (unpaired) electrons. The van der Waals surface area contributed by atoms with Gasteiger partial charge in [0.15, 0.2) is 0 Å². The first-order valence-electron chi connectivity index (χ1n) is 8.85. The third-order valence-electron chi connectivity index (χ3n) is 4.12. The van der Waals surface area contributed by atoms with Crippen molar-refractivity contribution in [2.24, 2.45) is 11.8 Å². The smallest absolute Gasteiger partial charge is 0.265 e. The highest BCUT2D eigenvalue weighted by molar-refractivity contribution is 7.86. The molecule has 26 heavy (non-hydrogen) atoms. The largest absolute Gasteiger partial charge is 0.396 e. The quantitative estimate of drug-likeness (QED) is 0.210. The second-order valence-electron chi connectivity index (χ2n) is 6.72. The molecule has 0 spiro atoms. The lowest BCUT2D eigenvalue weighted by Crippen LogP contribution is -2.19. The van der Waals surface area contributed by atoms with Crippen LogP contribution in [0.3, 0.4) is 0 Å². The lowest BCUT2D eigenvalue weighted by atomic mass is 10.1. The summed E-state index contributed by atoms with van der Waals surface area (Å²) in [6.45, 7) is 1.53. The maximum atomic E-state index is 10.9. The van der Waals surface area contributed by atoms with Crippen molar-refractivity contribution < 1.29 is 36.2 Å². The van der Waals surface area contributed by atoms with Gasteiger partial charge in [0, 0.05) is 13.2 Å². The Bertz CT molecular complexity index is 516. The monoisotopic (exact) mass is 436 g/mol. The Morgan fingerprint density at radius 3 is 1.42 bits per heavy atom. The normalized spacial score (nSPS) is 16.3. The molecular weight excluding hydrogens is 403 g/mol. The van der Waals surface area contributed by atoms with E-state index in [4.69, 9.17) is 9.11 Å². The first-order valence-corrected chi connectivity index (χ1v) is 14.0. The SMILES string of the molecule is CCCP(CCCC(CO)CS(=O)(=O)O)CCC[C@@H](CO)CS(=O)(=O)O. The van der Waals surface area contributed by atoms with Gasteiger partial charge in [0.05, 0.1) is 11.5 Å². The number of aliphatic hydroxyl groups is 2. The molecule has 0 aliphatic carbocycles. The molecule has 0 aliphatic heterocycles.